The van der Waals surface area contributed by atoms with Crippen LogP contribution in [0.2, 0.25) is 0 Å². The third-order valence-electron chi connectivity index (χ3n) is 4.38. The van der Waals surface area contributed by atoms with Gasteiger partial charge >= 0.3 is 0 Å². The number of anilines is 1. The fourth-order valence-corrected chi connectivity index (χ4v) is 4.20. The second-order valence-corrected chi connectivity index (χ2v) is 8.65. The molecule has 30 heavy (non-hydrogen) atoms. The van der Waals surface area contributed by atoms with Crippen LogP contribution in [0.4, 0.5) is 10.1 Å². The zero-order valence-corrected chi connectivity index (χ0v) is 17.5. The van der Waals surface area contributed by atoms with Gasteiger partial charge in [0, 0.05) is 12.6 Å². The molecule has 0 fully saturated rings. The Bertz CT molecular complexity index is 1130. The highest BCUT2D eigenvalue weighted by Gasteiger charge is 2.31. The van der Waals surface area contributed by atoms with Gasteiger partial charge in [0.25, 0.3) is 0 Å². The molecule has 1 amide bonds. The number of nitrogens with zero attached hydrogens (tertiary/aromatic N) is 4. The monoisotopic (exact) mass is 432 g/mol. The van der Waals surface area contributed by atoms with Crippen LogP contribution in [0.3, 0.4) is 0 Å². The molecule has 3 aromatic rings. The molecule has 0 aliphatic carbocycles. The van der Waals surface area contributed by atoms with Crippen molar-refractivity contribution in [2.45, 2.75) is 19.5 Å². The maximum absolute atomic E-state index is 13.6. The minimum atomic E-state index is -3.85. The minimum absolute atomic E-state index is 0.0102. The molecular weight excluding hydrogens is 411 g/mol. The summed E-state index contributed by atoms with van der Waals surface area (Å²) in [5.74, 6) is -0.525. The number of likely N-dealkylation sites (N-methyl/N-ethyl adjacent to an activating group) is 1. The van der Waals surface area contributed by atoms with Gasteiger partial charge in [0.2, 0.25) is 27.6 Å². The molecule has 0 saturated heterocycles. The molecule has 0 unspecified atom stereocenters. The first-order chi connectivity index (χ1) is 14.2. The van der Waals surface area contributed by atoms with Gasteiger partial charge in [0.15, 0.2) is 0 Å². The molecule has 158 valence electrons. The SMILES string of the molecule is C[C@@H](C(=O)N(C)Cc1nc(-c2ccccc2)no1)N(c1cccc(F)c1)S(C)(=O)=O. The number of carbonyl (C=O) groups is 1. The van der Waals surface area contributed by atoms with E-state index in [0.29, 0.717) is 5.82 Å². The number of hydrogen-bond acceptors (Lipinski definition) is 6. The van der Waals surface area contributed by atoms with Crippen LogP contribution in [-0.4, -0.2) is 48.7 Å². The van der Waals surface area contributed by atoms with Gasteiger partial charge in [-0.2, -0.15) is 4.98 Å². The summed E-state index contributed by atoms with van der Waals surface area (Å²) in [5, 5.41) is 3.90. The van der Waals surface area contributed by atoms with Crippen molar-refractivity contribution in [2.24, 2.45) is 0 Å². The van der Waals surface area contributed by atoms with Gasteiger partial charge in [-0.3, -0.25) is 9.10 Å². The predicted octanol–water partition coefficient (Wildman–Crippen LogP) is 2.69. The van der Waals surface area contributed by atoms with Gasteiger partial charge in [-0.05, 0) is 25.1 Å². The van der Waals surface area contributed by atoms with Crippen LogP contribution in [0.1, 0.15) is 12.8 Å². The highest BCUT2D eigenvalue weighted by Crippen LogP contribution is 2.23. The first-order valence-electron chi connectivity index (χ1n) is 9.05. The van der Waals surface area contributed by atoms with Crippen molar-refractivity contribution in [1.82, 2.24) is 15.0 Å². The number of rotatable bonds is 7. The Balaban J connectivity index is 1.78. The van der Waals surface area contributed by atoms with Gasteiger partial charge in [-0.1, -0.05) is 41.6 Å². The molecule has 8 nitrogen and oxygen atoms in total. The molecule has 1 heterocycles. The first-order valence-corrected chi connectivity index (χ1v) is 10.9. The van der Waals surface area contributed by atoms with Crippen LogP contribution in [-0.2, 0) is 21.4 Å². The first kappa shape index (κ1) is 21.4. The summed E-state index contributed by atoms with van der Waals surface area (Å²) in [6, 6.07) is 13.2. The molecule has 0 spiro atoms. The van der Waals surface area contributed by atoms with Gasteiger partial charge < -0.3 is 9.42 Å². The van der Waals surface area contributed by atoms with E-state index in [1.165, 1.54) is 37.1 Å². The summed E-state index contributed by atoms with van der Waals surface area (Å²) in [6.07, 6.45) is 0.964. The molecular formula is C20H21FN4O4S. The minimum Gasteiger partial charge on any atom is -0.337 e. The topological polar surface area (TPSA) is 96.6 Å². The Morgan fingerprint density at radius 1 is 1.17 bits per heavy atom. The molecule has 1 aromatic heterocycles. The van der Waals surface area contributed by atoms with E-state index in [1.54, 1.807) is 0 Å². The van der Waals surface area contributed by atoms with Gasteiger partial charge in [-0.15, -0.1) is 0 Å². The quantitative estimate of drug-likeness (QED) is 0.570. The van der Waals surface area contributed by atoms with Crippen LogP contribution >= 0.6 is 0 Å². The number of amides is 1. The van der Waals surface area contributed by atoms with E-state index < -0.39 is 27.8 Å². The number of sulfonamides is 1. The van der Waals surface area contributed by atoms with Gasteiger partial charge in [-0.25, -0.2) is 12.8 Å². The summed E-state index contributed by atoms with van der Waals surface area (Å²) >= 11 is 0. The Hall–Kier alpha value is -3.27. The second kappa shape index (κ2) is 8.62. The number of hydrogen-bond donors (Lipinski definition) is 0. The average molecular weight is 432 g/mol. The van der Waals surface area contributed by atoms with Crippen molar-refractivity contribution in [3.05, 3.63) is 66.3 Å². The highest BCUT2D eigenvalue weighted by molar-refractivity contribution is 7.92. The third-order valence-corrected chi connectivity index (χ3v) is 5.62. The fourth-order valence-electron chi connectivity index (χ4n) is 3.04. The molecule has 2 aromatic carbocycles. The number of benzene rings is 2. The van der Waals surface area contributed by atoms with Gasteiger partial charge in [0.1, 0.15) is 11.9 Å². The van der Waals surface area contributed by atoms with E-state index >= 15 is 0 Å². The highest BCUT2D eigenvalue weighted by atomic mass is 32.2. The molecule has 0 N–H and O–H groups in total. The second-order valence-electron chi connectivity index (χ2n) is 6.79. The number of halogens is 1. The Morgan fingerprint density at radius 2 is 1.87 bits per heavy atom. The Labute approximate surface area is 174 Å². The van der Waals surface area contributed by atoms with E-state index in [0.717, 1.165) is 22.2 Å². The third kappa shape index (κ3) is 4.82. The standard InChI is InChI=1S/C20H21FN4O4S/c1-14(25(30(3,27)28)17-11-7-10-16(21)12-17)20(26)24(2)13-18-22-19(23-29-18)15-8-5-4-6-9-15/h4-12,14H,13H2,1-3H3/t14-/m0/s1. The van der Waals surface area contributed by atoms with Crippen LogP contribution in [0.15, 0.2) is 59.1 Å². The van der Waals surface area contributed by atoms with Crippen LogP contribution < -0.4 is 4.31 Å². The van der Waals surface area contributed by atoms with Crippen LogP contribution in [0.5, 0.6) is 0 Å². The fraction of sp³-hybridized carbons (Fsp3) is 0.250. The summed E-state index contributed by atoms with van der Waals surface area (Å²) in [7, 11) is -2.35. The summed E-state index contributed by atoms with van der Waals surface area (Å²) in [5.41, 5.74) is 0.833. The lowest BCUT2D eigenvalue weighted by Gasteiger charge is -2.30. The lowest BCUT2D eigenvalue weighted by Crippen LogP contribution is -2.48. The lowest BCUT2D eigenvalue weighted by atomic mass is 10.2. The molecule has 3 rings (SSSR count). The van der Waals surface area contributed by atoms with Crippen LogP contribution in [0.25, 0.3) is 11.4 Å². The Kier molecular flexibility index (Phi) is 6.16. The van der Waals surface area contributed by atoms with Crippen LogP contribution in [0, 0.1) is 5.82 Å². The summed E-state index contributed by atoms with van der Waals surface area (Å²) in [4.78, 5) is 18.5. The van der Waals surface area contributed by atoms with Crippen molar-refractivity contribution in [1.29, 1.82) is 0 Å². The molecule has 10 heteroatoms. The van der Waals surface area contributed by atoms with E-state index in [9.17, 15) is 17.6 Å². The van der Waals surface area contributed by atoms with Gasteiger partial charge in [0.05, 0.1) is 18.5 Å². The summed E-state index contributed by atoms with van der Waals surface area (Å²) in [6.45, 7) is 1.43. The molecule has 0 aliphatic rings. The molecule has 0 bridgehead atoms. The predicted molar refractivity (Wildman–Crippen MR) is 109 cm³/mol. The molecule has 0 aliphatic heterocycles. The summed E-state index contributed by atoms with van der Waals surface area (Å²) < 4.78 is 44.4. The van der Waals surface area contributed by atoms with E-state index in [-0.39, 0.29) is 18.1 Å². The van der Waals surface area contributed by atoms with Crippen molar-refractivity contribution >= 4 is 21.6 Å². The maximum Gasteiger partial charge on any atom is 0.246 e. The van der Waals surface area contributed by atoms with E-state index in [1.807, 2.05) is 30.3 Å². The average Bonchev–Trinajstić information content (AvgIpc) is 3.15. The largest absolute Gasteiger partial charge is 0.337 e. The van der Waals surface area contributed by atoms with Crippen molar-refractivity contribution in [3.63, 3.8) is 0 Å². The van der Waals surface area contributed by atoms with Crippen molar-refractivity contribution in [3.8, 4) is 11.4 Å². The zero-order valence-electron chi connectivity index (χ0n) is 16.7. The smallest absolute Gasteiger partial charge is 0.246 e. The zero-order chi connectivity index (χ0) is 21.9. The molecule has 0 saturated carbocycles. The van der Waals surface area contributed by atoms with Crippen molar-refractivity contribution < 1.29 is 22.1 Å². The molecule has 0 radical (unpaired) electrons. The van der Waals surface area contributed by atoms with E-state index in [4.69, 9.17) is 4.52 Å². The van der Waals surface area contributed by atoms with Crippen molar-refractivity contribution in [2.75, 3.05) is 17.6 Å². The maximum atomic E-state index is 13.6. The van der Waals surface area contributed by atoms with E-state index in [2.05, 4.69) is 10.1 Å². The number of aromatic nitrogens is 2. The molecule has 1 atom stereocenters. The lowest BCUT2D eigenvalue weighted by molar-refractivity contribution is -0.131. The number of carbonyl (C=O) groups excluding carboxylic acids is 1. The normalized spacial score (nSPS) is 12.4. The Morgan fingerprint density at radius 3 is 2.50 bits per heavy atom.